The fourth-order valence-electron chi connectivity index (χ4n) is 3.84. The molecule has 0 saturated carbocycles. The fourth-order valence-corrected chi connectivity index (χ4v) is 4.00. The summed E-state index contributed by atoms with van der Waals surface area (Å²) in [6.07, 6.45) is 4.76. The second kappa shape index (κ2) is 7.68. The Hall–Kier alpha value is -2.58. The van der Waals surface area contributed by atoms with Crippen molar-refractivity contribution in [1.29, 1.82) is 0 Å². The number of benzene rings is 1. The molecule has 8 nitrogen and oxygen atoms in total. The molecule has 1 fully saturated rings. The number of likely N-dealkylation sites (tertiary alicyclic amines) is 1. The van der Waals surface area contributed by atoms with Gasteiger partial charge in [0, 0.05) is 49.5 Å². The Morgan fingerprint density at radius 2 is 2.10 bits per heavy atom. The number of hydrogen-bond acceptors (Lipinski definition) is 5. The highest BCUT2D eigenvalue weighted by atomic mass is 35.5. The highest BCUT2D eigenvalue weighted by Gasteiger charge is 2.34. The van der Waals surface area contributed by atoms with Crippen molar-refractivity contribution >= 4 is 28.6 Å². The Morgan fingerprint density at radius 1 is 1.34 bits per heavy atom. The van der Waals surface area contributed by atoms with Crippen molar-refractivity contribution in [2.24, 2.45) is 0 Å². The molecule has 0 bridgehead atoms. The van der Waals surface area contributed by atoms with E-state index in [-0.39, 0.29) is 18.9 Å². The lowest BCUT2D eigenvalue weighted by Gasteiger charge is -2.38. The number of nitrogens with zero attached hydrogens (tertiary/aromatic N) is 4. The molecule has 1 saturated heterocycles. The van der Waals surface area contributed by atoms with Gasteiger partial charge in [0.25, 0.3) is 0 Å². The van der Waals surface area contributed by atoms with Crippen LogP contribution in [0.4, 0.5) is 0 Å². The maximum absolute atomic E-state index is 12.6. The normalized spacial score (nSPS) is 16.4. The predicted octanol–water partition coefficient (Wildman–Crippen LogP) is 2.20. The maximum atomic E-state index is 12.6. The van der Waals surface area contributed by atoms with Gasteiger partial charge in [0.15, 0.2) is 5.58 Å². The molecule has 29 heavy (non-hydrogen) atoms. The number of amides is 1. The molecule has 3 heterocycles. The maximum Gasteiger partial charge on any atom is 0.419 e. The molecular formula is C20H23ClN4O4. The Labute approximate surface area is 172 Å². The molecule has 0 unspecified atom stereocenters. The molecule has 1 aromatic carbocycles. The lowest BCUT2D eigenvalue weighted by Crippen LogP contribution is -2.48. The molecule has 1 aliphatic rings. The average Bonchev–Trinajstić information content (AvgIpc) is 3.21. The van der Waals surface area contributed by atoms with Crippen molar-refractivity contribution in [3.8, 4) is 0 Å². The third-order valence-electron chi connectivity index (χ3n) is 5.61. The lowest BCUT2D eigenvalue weighted by molar-refractivity contribution is -0.136. The van der Waals surface area contributed by atoms with Gasteiger partial charge in [-0.3, -0.25) is 9.36 Å². The number of imidazole rings is 1. The molecular weight excluding hydrogens is 396 g/mol. The van der Waals surface area contributed by atoms with Crippen LogP contribution in [0.5, 0.6) is 0 Å². The van der Waals surface area contributed by atoms with Gasteiger partial charge in [0.2, 0.25) is 5.91 Å². The van der Waals surface area contributed by atoms with Gasteiger partial charge in [-0.25, -0.2) is 9.78 Å². The van der Waals surface area contributed by atoms with Crippen LogP contribution in [0.2, 0.25) is 5.02 Å². The first-order valence-electron chi connectivity index (χ1n) is 9.61. The summed E-state index contributed by atoms with van der Waals surface area (Å²) >= 11 is 5.93. The first kappa shape index (κ1) is 19.7. The summed E-state index contributed by atoms with van der Waals surface area (Å²) in [5, 5.41) is 11.4. The predicted molar refractivity (Wildman–Crippen MR) is 108 cm³/mol. The number of carbonyl (C=O) groups excluding carboxylic acids is 1. The van der Waals surface area contributed by atoms with Crippen LogP contribution < -0.4 is 5.76 Å². The Bertz CT molecular complexity index is 1090. The summed E-state index contributed by atoms with van der Waals surface area (Å²) in [6, 6.07) is 4.99. The molecule has 3 aromatic rings. The van der Waals surface area contributed by atoms with E-state index in [1.807, 2.05) is 17.7 Å². The molecule has 4 rings (SSSR count). The molecule has 1 amide bonds. The molecule has 1 N–H and O–H groups in total. The van der Waals surface area contributed by atoms with Gasteiger partial charge in [0.1, 0.15) is 5.82 Å². The topological polar surface area (TPSA) is 93.5 Å². The van der Waals surface area contributed by atoms with Gasteiger partial charge >= 0.3 is 5.76 Å². The number of aliphatic hydroxyl groups is 1. The second-order valence-corrected chi connectivity index (χ2v) is 8.03. The Kier molecular flexibility index (Phi) is 5.23. The van der Waals surface area contributed by atoms with Crippen molar-refractivity contribution in [2.75, 3.05) is 13.1 Å². The number of oxazole rings is 1. The monoisotopic (exact) mass is 418 g/mol. The van der Waals surface area contributed by atoms with Crippen molar-refractivity contribution in [2.45, 2.75) is 44.9 Å². The number of halogens is 1. The highest BCUT2D eigenvalue weighted by molar-refractivity contribution is 6.31. The van der Waals surface area contributed by atoms with Gasteiger partial charge < -0.3 is 19.0 Å². The molecule has 9 heteroatoms. The van der Waals surface area contributed by atoms with Gasteiger partial charge in [0.05, 0.1) is 17.7 Å². The summed E-state index contributed by atoms with van der Waals surface area (Å²) in [5.74, 6) is 0.316. The van der Waals surface area contributed by atoms with Gasteiger partial charge in [-0.1, -0.05) is 11.6 Å². The van der Waals surface area contributed by atoms with E-state index in [1.54, 1.807) is 29.3 Å². The van der Waals surface area contributed by atoms with Gasteiger partial charge in [-0.2, -0.15) is 0 Å². The average molecular weight is 419 g/mol. The number of aromatic nitrogens is 3. The zero-order chi connectivity index (χ0) is 20.6. The van der Waals surface area contributed by atoms with Crippen molar-refractivity contribution < 1.29 is 14.3 Å². The first-order valence-corrected chi connectivity index (χ1v) is 9.99. The fraction of sp³-hybridized carbons (Fsp3) is 0.450. The van der Waals surface area contributed by atoms with E-state index in [2.05, 4.69) is 4.98 Å². The number of rotatable bonds is 5. The van der Waals surface area contributed by atoms with E-state index in [0.29, 0.717) is 48.6 Å². The summed E-state index contributed by atoms with van der Waals surface area (Å²) in [6.45, 7) is 3.58. The molecule has 0 radical (unpaired) electrons. The quantitative estimate of drug-likeness (QED) is 0.685. The van der Waals surface area contributed by atoms with Crippen LogP contribution in [0, 0.1) is 6.92 Å². The zero-order valence-electron chi connectivity index (χ0n) is 16.2. The van der Waals surface area contributed by atoms with E-state index in [4.69, 9.17) is 16.0 Å². The minimum atomic E-state index is -0.848. The highest BCUT2D eigenvalue weighted by Crippen LogP contribution is 2.25. The molecule has 0 atom stereocenters. The van der Waals surface area contributed by atoms with Crippen LogP contribution >= 0.6 is 11.6 Å². The van der Waals surface area contributed by atoms with E-state index < -0.39 is 11.4 Å². The largest absolute Gasteiger partial charge is 0.419 e. The minimum absolute atomic E-state index is 0.0407. The summed E-state index contributed by atoms with van der Waals surface area (Å²) in [7, 11) is 0. The number of hydrogen-bond donors (Lipinski definition) is 1. The Balaban J connectivity index is 1.35. The minimum Gasteiger partial charge on any atom is -0.408 e. The van der Waals surface area contributed by atoms with Crippen LogP contribution in [0.3, 0.4) is 0 Å². The molecule has 0 spiro atoms. The van der Waals surface area contributed by atoms with Crippen molar-refractivity contribution in [3.05, 3.63) is 52.0 Å². The van der Waals surface area contributed by atoms with E-state index in [1.165, 1.54) is 4.57 Å². The lowest BCUT2D eigenvalue weighted by atomic mass is 9.91. The van der Waals surface area contributed by atoms with Crippen LogP contribution in [-0.4, -0.2) is 48.7 Å². The van der Waals surface area contributed by atoms with Crippen molar-refractivity contribution in [3.63, 3.8) is 0 Å². The molecule has 0 aliphatic carbocycles. The molecule has 1 aliphatic heterocycles. The van der Waals surface area contributed by atoms with Gasteiger partial charge in [-0.15, -0.1) is 0 Å². The van der Waals surface area contributed by atoms with Crippen LogP contribution in [0.25, 0.3) is 11.1 Å². The summed E-state index contributed by atoms with van der Waals surface area (Å²) in [4.78, 5) is 30.7. The van der Waals surface area contributed by atoms with E-state index in [9.17, 15) is 14.7 Å². The third-order valence-corrected chi connectivity index (χ3v) is 5.85. The number of fused-ring (bicyclic) bond motifs is 1. The van der Waals surface area contributed by atoms with E-state index in [0.717, 1.165) is 5.82 Å². The first-order chi connectivity index (χ1) is 13.8. The van der Waals surface area contributed by atoms with Crippen LogP contribution in [-0.2, 0) is 17.9 Å². The number of aryl methyl sites for hydroxylation is 2. The van der Waals surface area contributed by atoms with Crippen molar-refractivity contribution in [1.82, 2.24) is 19.0 Å². The standard InChI is InChI=1S/C20H23ClN4O4/c1-14-22-7-11-24(14)13-20(28)5-9-23(10-6-20)18(26)4-8-25-16-3-2-15(21)12-17(16)29-19(25)27/h2-3,7,11-12,28H,4-6,8-10,13H2,1H3. The SMILES string of the molecule is Cc1nccn1CC1(O)CCN(C(=O)CCn2c(=O)oc3cc(Cl)ccc32)CC1. The third kappa shape index (κ3) is 4.09. The summed E-state index contributed by atoms with van der Waals surface area (Å²) in [5.41, 5.74) is 0.183. The van der Waals surface area contributed by atoms with Crippen LogP contribution in [0.1, 0.15) is 25.1 Å². The number of carbonyl (C=O) groups is 1. The number of piperidine rings is 1. The smallest absolute Gasteiger partial charge is 0.408 e. The molecule has 154 valence electrons. The summed E-state index contributed by atoms with van der Waals surface area (Å²) < 4.78 is 8.58. The zero-order valence-corrected chi connectivity index (χ0v) is 16.9. The van der Waals surface area contributed by atoms with Gasteiger partial charge in [-0.05, 0) is 31.9 Å². The van der Waals surface area contributed by atoms with Crippen LogP contribution in [0.15, 0.2) is 39.8 Å². The Morgan fingerprint density at radius 3 is 2.79 bits per heavy atom. The molecule has 2 aromatic heterocycles. The van der Waals surface area contributed by atoms with E-state index >= 15 is 0 Å². The second-order valence-electron chi connectivity index (χ2n) is 7.59.